The molecule has 2 heterocycles. The van der Waals surface area contributed by atoms with Crippen LogP contribution in [-0.2, 0) is 9.53 Å². The van der Waals surface area contributed by atoms with Gasteiger partial charge in [0.1, 0.15) is 5.54 Å². The average Bonchev–Trinajstić information content (AvgIpc) is 2.49. The van der Waals surface area contributed by atoms with Gasteiger partial charge >= 0.3 is 12.0 Å². The van der Waals surface area contributed by atoms with E-state index in [1.54, 1.807) is 4.90 Å². The molecule has 0 radical (unpaired) electrons. The molecule has 6 heteroatoms. The van der Waals surface area contributed by atoms with Crippen LogP contribution in [0.1, 0.15) is 45.4 Å². The van der Waals surface area contributed by atoms with Crippen molar-refractivity contribution in [2.75, 3.05) is 26.3 Å². The van der Waals surface area contributed by atoms with Crippen LogP contribution in [0.25, 0.3) is 0 Å². The van der Waals surface area contributed by atoms with Crippen molar-refractivity contribution >= 4 is 12.0 Å². The van der Waals surface area contributed by atoms with E-state index < -0.39 is 11.5 Å². The molecule has 0 spiro atoms. The van der Waals surface area contributed by atoms with Crippen LogP contribution in [0.15, 0.2) is 0 Å². The first-order chi connectivity index (χ1) is 10.1. The number of carbonyl (C=O) groups excluding carboxylic acids is 1. The number of ether oxygens (including phenoxy) is 1. The van der Waals surface area contributed by atoms with Gasteiger partial charge < -0.3 is 20.1 Å². The van der Waals surface area contributed by atoms with Crippen LogP contribution in [0.2, 0.25) is 0 Å². The number of urea groups is 1. The van der Waals surface area contributed by atoms with Crippen LogP contribution in [-0.4, -0.2) is 53.8 Å². The van der Waals surface area contributed by atoms with Crippen molar-refractivity contribution in [3.63, 3.8) is 0 Å². The maximum Gasteiger partial charge on any atom is 0.329 e. The fourth-order valence-corrected chi connectivity index (χ4v) is 3.23. The highest BCUT2D eigenvalue weighted by molar-refractivity contribution is 5.86. The van der Waals surface area contributed by atoms with Crippen molar-refractivity contribution in [2.45, 2.75) is 51.0 Å². The SMILES string of the molecule is CCCC1CCN(C(=O)NC2(C(=O)O)CCOCC2)CC1. The Morgan fingerprint density at radius 3 is 2.43 bits per heavy atom. The van der Waals surface area contributed by atoms with E-state index in [-0.39, 0.29) is 6.03 Å². The quantitative estimate of drug-likeness (QED) is 0.830. The monoisotopic (exact) mass is 298 g/mol. The molecule has 0 aliphatic carbocycles. The van der Waals surface area contributed by atoms with Gasteiger partial charge in [0.15, 0.2) is 0 Å². The van der Waals surface area contributed by atoms with Crippen LogP contribution in [0, 0.1) is 5.92 Å². The van der Waals surface area contributed by atoms with Crippen LogP contribution in [0.5, 0.6) is 0 Å². The van der Waals surface area contributed by atoms with Gasteiger partial charge in [0.2, 0.25) is 0 Å². The Labute approximate surface area is 125 Å². The van der Waals surface area contributed by atoms with E-state index in [2.05, 4.69) is 12.2 Å². The minimum absolute atomic E-state index is 0.241. The van der Waals surface area contributed by atoms with Gasteiger partial charge in [0.25, 0.3) is 0 Å². The standard InChI is InChI=1S/C15H26N2O4/c1-2-3-12-4-8-17(9-5-12)14(20)16-15(13(18)19)6-10-21-11-7-15/h12H,2-11H2,1H3,(H,16,20)(H,18,19). The lowest BCUT2D eigenvalue weighted by atomic mass is 9.90. The number of carboxylic acid groups (broad SMARTS) is 1. The number of piperidine rings is 1. The van der Waals surface area contributed by atoms with E-state index in [4.69, 9.17) is 4.74 Å². The summed E-state index contributed by atoms with van der Waals surface area (Å²) in [6.07, 6.45) is 5.10. The van der Waals surface area contributed by atoms with E-state index in [0.29, 0.717) is 32.0 Å². The molecule has 0 saturated carbocycles. The molecule has 2 fully saturated rings. The van der Waals surface area contributed by atoms with Crippen molar-refractivity contribution in [1.82, 2.24) is 10.2 Å². The van der Waals surface area contributed by atoms with Gasteiger partial charge in [0, 0.05) is 39.1 Å². The lowest BCUT2D eigenvalue weighted by molar-refractivity contribution is -0.148. The third-order valence-electron chi connectivity index (χ3n) is 4.70. The second-order valence-corrected chi connectivity index (χ2v) is 6.15. The zero-order valence-electron chi connectivity index (χ0n) is 12.8. The summed E-state index contributed by atoms with van der Waals surface area (Å²) in [6.45, 7) is 4.39. The van der Waals surface area contributed by atoms with Crippen molar-refractivity contribution < 1.29 is 19.4 Å². The van der Waals surface area contributed by atoms with Crippen molar-refractivity contribution in [1.29, 1.82) is 0 Å². The molecule has 2 amide bonds. The molecule has 0 bridgehead atoms. The maximum absolute atomic E-state index is 12.4. The van der Waals surface area contributed by atoms with E-state index in [9.17, 15) is 14.7 Å². The maximum atomic E-state index is 12.4. The number of nitrogens with zero attached hydrogens (tertiary/aromatic N) is 1. The number of amides is 2. The lowest BCUT2D eigenvalue weighted by Gasteiger charge is -2.38. The van der Waals surface area contributed by atoms with Crippen molar-refractivity contribution in [2.24, 2.45) is 5.92 Å². The summed E-state index contributed by atoms with van der Waals surface area (Å²) in [5.74, 6) is -0.254. The van der Waals surface area contributed by atoms with Crippen molar-refractivity contribution in [3.8, 4) is 0 Å². The number of aliphatic carboxylic acids is 1. The molecule has 0 unspecified atom stereocenters. The third-order valence-corrected chi connectivity index (χ3v) is 4.70. The fraction of sp³-hybridized carbons (Fsp3) is 0.867. The molecular weight excluding hydrogens is 272 g/mol. The molecule has 0 atom stereocenters. The summed E-state index contributed by atoms with van der Waals surface area (Å²) < 4.78 is 5.21. The molecule has 21 heavy (non-hydrogen) atoms. The number of hydrogen-bond donors (Lipinski definition) is 2. The summed E-state index contributed by atoms with van der Waals surface area (Å²) >= 11 is 0. The molecule has 0 aromatic heterocycles. The van der Waals surface area contributed by atoms with Gasteiger partial charge in [-0.15, -0.1) is 0 Å². The Bertz CT molecular complexity index is 372. The molecule has 6 nitrogen and oxygen atoms in total. The van der Waals surface area contributed by atoms with Gasteiger partial charge in [0.05, 0.1) is 0 Å². The predicted molar refractivity (Wildman–Crippen MR) is 78.2 cm³/mol. The predicted octanol–water partition coefficient (Wildman–Crippen LogP) is 1.84. The number of nitrogens with one attached hydrogen (secondary N) is 1. The van der Waals surface area contributed by atoms with Gasteiger partial charge in [-0.25, -0.2) is 9.59 Å². The first-order valence-corrected chi connectivity index (χ1v) is 7.95. The fourth-order valence-electron chi connectivity index (χ4n) is 3.23. The second kappa shape index (κ2) is 7.11. The Hall–Kier alpha value is -1.30. The summed E-state index contributed by atoms with van der Waals surface area (Å²) in [5.41, 5.74) is -1.16. The average molecular weight is 298 g/mol. The molecular formula is C15H26N2O4. The highest BCUT2D eigenvalue weighted by atomic mass is 16.5. The van der Waals surface area contributed by atoms with Crippen LogP contribution in [0.3, 0.4) is 0 Å². The van der Waals surface area contributed by atoms with Gasteiger partial charge in [-0.1, -0.05) is 19.8 Å². The zero-order valence-corrected chi connectivity index (χ0v) is 12.8. The first kappa shape index (κ1) is 16.1. The topological polar surface area (TPSA) is 78.9 Å². The van der Waals surface area contributed by atoms with Gasteiger partial charge in [-0.2, -0.15) is 0 Å². The van der Waals surface area contributed by atoms with Crippen LogP contribution < -0.4 is 5.32 Å². The van der Waals surface area contributed by atoms with E-state index in [0.717, 1.165) is 25.9 Å². The summed E-state index contributed by atoms with van der Waals surface area (Å²) in [7, 11) is 0. The van der Waals surface area contributed by atoms with E-state index in [1.807, 2.05) is 0 Å². The highest BCUT2D eigenvalue weighted by Crippen LogP contribution is 2.24. The third kappa shape index (κ3) is 3.87. The molecule has 2 saturated heterocycles. The summed E-state index contributed by atoms with van der Waals surface area (Å²) in [6, 6.07) is -0.241. The van der Waals surface area contributed by atoms with Crippen LogP contribution in [0.4, 0.5) is 4.79 Å². The lowest BCUT2D eigenvalue weighted by Crippen LogP contribution is -2.60. The Morgan fingerprint density at radius 1 is 1.29 bits per heavy atom. The molecule has 120 valence electrons. The Kier molecular flexibility index (Phi) is 5.45. The number of carbonyl (C=O) groups is 2. The van der Waals surface area contributed by atoms with Gasteiger partial charge in [-0.05, 0) is 18.8 Å². The second-order valence-electron chi connectivity index (χ2n) is 6.15. The number of hydrogen-bond acceptors (Lipinski definition) is 3. The van der Waals surface area contributed by atoms with Gasteiger partial charge in [-0.3, -0.25) is 0 Å². The molecule has 2 N–H and O–H groups in total. The molecule has 2 aliphatic heterocycles. The number of likely N-dealkylation sites (tertiary alicyclic amines) is 1. The Morgan fingerprint density at radius 2 is 1.90 bits per heavy atom. The zero-order chi connectivity index (χ0) is 15.3. The number of carboxylic acids is 1. The smallest absolute Gasteiger partial charge is 0.329 e. The molecule has 2 rings (SSSR count). The summed E-state index contributed by atoms with van der Waals surface area (Å²) in [4.78, 5) is 25.7. The minimum Gasteiger partial charge on any atom is -0.480 e. The normalized spacial score (nSPS) is 22.8. The van der Waals surface area contributed by atoms with E-state index >= 15 is 0 Å². The highest BCUT2D eigenvalue weighted by Gasteiger charge is 2.42. The minimum atomic E-state index is -1.16. The van der Waals surface area contributed by atoms with Crippen molar-refractivity contribution in [3.05, 3.63) is 0 Å². The molecule has 0 aromatic rings. The molecule has 0 aromatic carbocycles. The van der Waals surface area contributed by atoms with E-state index in [1.165, 1.54) is 12.8 Å². The number of rotatable bonds is 4. The largest absolute Gasteiger partial charge is 0.480 e. The first-order valence-electron chi connectivity index (χ1n) is 7.95. The Balaban J connectivity index is 1.90. The molecule has 2 aliphatic rings. The van der Waals surface area contributed by atoms with Crippen LogP contribution >= 0.6 is 0 Å². The summed E-state index contributed by atoms with van der Waals surface area (Å²) in [5, 5.41) is 12.2.